The van der Waals surface area contributed by atoms with E-state index in [0.29, 0.717) is 18.1 Å². The van der Waals surface area contributed by atoms with Crippen LogP contribution >= 0.6 is 0 Å². The summed E-state index contributed by atoms with van der Waals surface area (Å²) in [5.41, 5.74) is -0.0632. The molecule has 0 aliphatic rings. The molecule has 114 valence electrons. The van der Waals surface area contributed by atoms with Crippen LogP contribution in [0.25, 0.3) is 0 Å². The van der Waals surface area contributed by atoms with E-state index in [1.807, 2.05) is 0 Å². The number of aromatic carboxylic acids is 1. The summed E-state index contributed by atoms with van der Waals surface area (Å²) in [6.45, 7) is 3.88. The Hall–Kier alpha value is -2.06. The highest BCUT2D eigenvalue weighted by atomic mass is 32.2. The minimum Gasteiger partial charge on any atom is -0.477 e. The van der Waals surface area contributed by atoms with Crippen LogP contribution in [-0.2, 0) is 23.1 Å². The van der Waals surface area contributed by atoms with Crippen LogP contribution in [0.15, 0.2) is 33.7 Å². The Kier molecular flexibility index (Phi) is 4.19. The zero-order valence-corrected chi connectivity index (χ0v) is 12.5. The molecule has 2 aromatic heterocycles. The molecule has 0 spiro atoms. The van der Waals surface area contributed by atoms with Gasteiger partial charge in [-0.05, 0) is 32.0 Å². The third-order valence-corrected chi connectivity index (χ3v) is 4.34. The van der Waals surface area contributed by atoms with Gasteiger partial charge in [0.2, 0.25) is 10.0 Å². The highest BCUT2D eigenvalue weighted by Crippen LogP contribution is 2.15. The van der Waals surface area contributed by atoms with Crippen LogP contribution in [-0.4, -0.2) is 24.1 Å². The molecule has 0 unspecified atom stereocenters. The van der Waals surface area contributed by atoms with Gasteiger partial charge < -0.3 is 14.1 Å². The van der Waals surface area contributed by atoms with E-state index in [1.165, 1.54) is 10.8 Å². The topological polar surface area (TPSA) is 102 Å². The van der Waals surface area contributed by atoms with Crippen LogP contribution in [0.3, 0.4) is 0 Å². The van der Waals surface area contributed by atoms with E-state index < -0.39 is 16.0 Å². The lowest BCUT2D eigenvalue weighted by atomic mass is 10.4. The molecule has 0 saturated carbocycles. The smallest absolute Gasteiger partial charge is 0.352 e. The number of furan rings is 1. The number of aromatic nitrogens is 1. The Labute approximate surface area is 122 Å². The summed E-state index contributed by atoms with van der Waals surface area (Å²) >= 11 is 0. The summed E-state index contributed by atoms with van der Waals surface area (Å²) in [6.07, 6.45) is 1.30. The molecule has 2 aromatic rings. The minimum absolute atomic E-state index is 0.00980. The Balaban J connectivity index is 2.21. The standard InChI is InChI=1S/C13H16N2O5S/c1-3-15-8-11(6-12(15)13(16)17)21(18,19)14-7-10-5-4-9(2)20-10/h4-6,8,14H,3,7H2,1-2H3,(H,16,17). The van der Waals surface area contributed by atoms with Crippen molar-refractivity contribution in [2.24, 2.45) is 0 Å². The van der Waals surface area contributed by atoms with E-state index in [-0.39, 0.29) is 17.1 Å². The van der Waals surface area contributed by atoms with Crippen molar-refractivity contribution in [3.05, 3.63) is 41.6 Å². The normalized spacial score (nSPS) is 11.7. The van der Waals surface area contributed by atoms with Gasteiger partial charge in [-0.1, -0.05) is 0 Å². The van der Waals surface area contributed by atoms with Crippen LogP contribution < -0.4 is 4.72 Å². The fourth-order valence-corrected chi connectivity index (χ4v) is 2.93. The number of aryl methyl sites for hydroxylation is 2. The maximum absolute atomic E-state index is 12.2. The van der Waals surface area contributed by atoms with E-state index in [9.17, 15) is 13.2 Å². The molecule has 0 aromatic carbocycles. The molecule has 2 N–H and O–H groups in total. The van der Waals surface area contributed by atoms with Gasteiger partial charge in [0, 0.05) is 12.7 Å². The fourth-order valence-electron chi connectivity index (χ4n) is 1.90. The molecule has 0 radical (unpaired) electrons. The number of sulfonamides is 1. The van der Waals surface area contributed by atoms with Crippen molar-refractivity contribution in [2.75, 3.05) is 0 Å². The number of carboxylic acid groups (broad SMARTS) is 1. The molecule has 2 heterocycles. The van der Waals surface area contributed by atoms with E-state index in [0.717, 1.165) is 6.07 Å². The van der Waals surface area contributed by atoms with Gasteiger partial charge in [0.1, 0.15) is 22.1 Å². The van der Waals surface area contributed by atoms with Crippen LogP contribution in [0, 0.1) is 6.92 Å². The van der Waals surface area contributed by atoms with Crippen molar-refractivity contribution < 1.29 is 22.7 Å². The lowest BCUT2D eigenvalue weighted by Crippen LogP contribution is -2.22. The molecule has 7 nitrogen and oxygen atoms in total. The van der Waals surface area contributed by atoms with Crippen molar-refractivity contribution in [3.8, 4) is 0 Å². The second kappa shape index (κ2) is 5.74. The third kappa shape index (κ3) is 3.34. The predicted molar refractivity (Wildman–Crippen MR) is 74.5 cm³/mol. The van der Waals surface area contributed by atoms with E-state index in [2.05, 4.69) is 4.72 Å². The molecule has 2 rings (SSSR count). The minimum atomic E-state index is -3.79. The molecular formula is C13H16N2O5S. The van der Waals surface area contributed by atoms with Crippen molar-refractivity contribution in [2.45, 2.75) is 31.8 Å². The van der Waals surface area contributed by atoms with Gasteiger partial charge in [-0.3, -0.25) is 0 Å². The first-order valence-corrected chi connectivity index (χ1v) is 7.80. The van der Waals surface area contributed by atoms with Crippen LogP contribution in [0.1, 0.15) is 28.9 Å². The second-order valence-corrected chi connectivity index (χ2v) is 6.26. The van der Waals surface area contributed by atoms with Gasteiger partial charge in [0.05, 0.1) is 6.54 Å². The molecule has 0 amide bonds. The third-order valence-electron chi connectivity index (χ3n) is 2.97. The van der Waals surface area contributed by atoms with E-state index in [4.69, 9.17) is 9.52 Å². The molecule has 0 aliphatic carbocycles. The van der Waals surface area contributed by atoms with Gasteiger partial charge in [0.15, 0.2) is 0 Å². The zero-order chi connectivity index (χ0) is 15.6. The van der Waals surface area contributed by atoms with Gasteiger partial charge in [-0.25, -0.2) is 17.9 Å². The van der Waals surface area contributed by atoms with Crippen molar-refractivity contribution in [1.82, 2.24) is 9.29 Å². The SMILES string of the molecule is CCn1cc(S(=O)(=O)NCc2ccc(C)o2)cc1C(=O)O. The largest absolute Gasteiger partial charge is 0.477 e. The summed E-state index contributed by atoms with van der Waals surface area (Å²) in [4.78, 5) is 11.0. The highest BCUT2D eigenvalue weighted by molar-refractivity contribution is 7.89. The molecule has 0 bridgehead atoms. The van der Waals surface area contributed by atoms with Gasteiger partial charge in [0.25, 0.3) is 0 Å². The maximum Gasteiger partial charge on any atom is 0.352 e. The number of nitrogens with zero attached hydrogens (tertiary/aromatic N) is 1. The fraction of sp³-hybridized carbons (Fsp3) is 0.308. The van der Waals surface area contributed by atoms with E-state index in [1.54, 1.807) is 26.0 Å². The van der Waals surface area contributed by atoms with Crippen molar-refractivity contribution in [3.63, 3.8) is 0 Å². The number of rotatable bonds is 6. The second-order valence-electron chi connectivity index (χ2n) is 4.49. The lowest BCUT2D eigenvalue weighted by Gasteiger charge is -2.03. The number of hydrogen-bond acceptors (Lipinski definition) is 4. The molecule has 0 saturated heterocycles. The number of hydrogen-bond donors (Lipinski definition) is 2. The first-order chi connectivity index (χ1) is 9.83. The summed E-state index contributed by atoms with van der Waals surface area (Å²) in [5.74, 6) is 0.0129. The lowest BCUT2D eigenvalue weighted by molar-refractivity contribution is 0.0685. The van der Waals surface area contributed by atoms with Crippen molar-refractivity contribution >= 4 is 16.0 Å². The highest BCUT2D eigenvalue weighted by Gasteiger charge is 2.21. The van der Waals surface area contributed by atoms with E-state index >= 15 is 0 Å². The zero-order valence-electron chi connectivity index (χ0n) is 11.7. The van der Waals surface area contributed by atoms with Gasteiger partial charge in [-0.15, -0.1) is 0 Å². The molecule has 8 heteroatoms. The van der Waals surface area contributed by atoms with Crippen LogP contribution in [0.4, 0.5) is 0 Å². The molecule has 0 aliphatic heterocycles. The molecule has 0 fully saturated rings. The number of nitrogens with one attached hydrogen (secondary N) is 1. The monoisotopic (exact) mass is 312 g/mol. The summed E-state index contributed by atoms with van der Waals surface area (Å²) in [7, 11) is -3.79. The summed E-state index contributed by atoms with van der Waals surface area (Å²) in [5, 5.41) is 9.04. The molecule has 21 heavy (non-hydrogen) atoms. The van der Waals surface area contributed by atoms with Gasteiger partial charge >= 0.3 is 5.97 Å². The number of carboxylic acids is 1. The summed E-state index contributed by atoms with van der Waals surface area (Å²) in [6, 6.07) is 4.55. The first-order valence-electron chi connectivity index (χ1n) is 6.32. The van der Waals surface area contributed by atoms with Crippen LogP contribution in [0.2, 0.25) is 0 Å². The Morgan fingerprint density at radius 1 is 1.43 bits per heavy atom. The Morgan fingerprint density at radius 3 is 2.62 bits per heavy atom. The van der Waals surface area contributed by atoms with Gasteiger partial charge in [-0.2, -0.15) is 0 Å². The average Bonchev–Trinajstić information content (AvgIpc) is 3.02. The first kappa shape index (κ1) is 15.3. The number of carbonyl (C=O) groups is 1. The van der Waals surface area contributed by atoms with Crippen LogP contribution in [0.5, 0.6) is 0 Å². The molecule has 0 atom stereocenters. The molecular weight excluding hydrogens is 296 g/mol. The quantitative estimate of drug-likeness (QED) is 0.843. The maximum atomic E-state index is 12.2. The Bertz CT molecular complexity index is 757. The summed E-state index contributed by atoms with van der Waals surface area (Å²) < 4.78 is 33.3. The Morgan fingerprint density at radius 2 is 2.14 bits per heavy atom. The predicted octanol–water partition coefficient (Wildman–Crippen LogP) is 1.59. The average molecular weight is 312 g/mol. The van der Waals surface area contributed by atoms with Crippen molar-refractivity contribution in [1.29, 1.82) is 0 Å².